The standard InChI is InChI=1S/C19H18FN5O/c20-14-5-7-16(8-6-14)25-18(13-9-11-21-12-10-13)17(23-24-25)19(26)22-15-3-1-2-4-15/h5-12,15H,1-4H2,(H,22,26). The SMILES string of the molecule is O=C(NC1CCCC1)c1nnn(-c2ccc(F)cc2)c1-c1ccncc1. The van der Waals surface area contributed by atoms with E-state index in [0.717, 1.165) is 31.2 Å². The second kappa shape index (κ2) is 7.03. The van der Waals surface area contributed by atoms with Crippen LogP contribution in [0.15, 0.2) is 48.8 Å². The van der Waals surface area contributed by atoms with Crippen LogP contribution in [0.3, 0.4) is 0 Å². The first-order valence-corrected chi connectivity index (χ1v) is 8.65. The number of carbonyl (C=O) groups excluding carboxylic acids is 1. The van der Waals surface area contributed by atoms with Crippen LogP contribution in [-0.2, 0) is 0 Å². The van der Waals surface area contributed by atoms with E-state index in [9.17, 15) is 9.18 Å². The number of nitrogens with zero attached hydrogens (tertiary/aromatic N) is 4. The van der Waals surface area contributed by atoms with Crippen molar-refractivity contribution < 1.29 is 9.18 Å². The molecular formula is C19H18FN5O. The lowest BCUT2D eigenvalue weighted by molar-refractivity contribution is 0.0933. The predicted octanol–water partition coefficient (Wildman–Crippen LogP) is 3.14. The van der Waals surface area contributed by atoms with Gasteiger partial charge in [0.2, 0.25) is 0 Å². The Morgan fingerprint density at radius 3 is 2.46 bits per heavy atom. The van der Waals surface area contributed by atoms with Crippen molar-refractivity contribution in [2.75, 3.05) is 0 Å². The Morgan fingerprint density at radius 2 is 1.77 bits per heavy atom. The predicted molar refractivity (Wildman–Crippen MR) is 94.3 cm³/mol. The average Bonchev–Trinajstić information content (AvgIpc) is 3.32. The summed E-state index contributed by atoms with van der Waals surface area (Å²) in [6, 6.07) is 9.69. The molecule has 1 fully saturated rings. The molecule has 26 heavy (non-hydrogen) atoms. The number of pyridine rings is 1. The number of benzene rings is 1. The van der Waals surface area contributed by atoms with Gasteiger partial charge in [-0.1, -0.05) is 18.1 Å². The molecule has 3 aromatic rings. The molecule has 0 spiro atoms. The molecular weight excluding hydrogens is 333 g/mol. The molecule has 2 heterocycles. The van der Waals surface area contributed by atoms with Crippen molar-refractivity contribution in [3.63, 3.8) is 0 Å². The van der Waals surface area contributed by atoms with E-state index in [1.165, 1.54) is 12.1 Å². The largest absolute Gasteiger partial charge is 0.348 e. The number of aromatic nitrogens is 4. The van der Waals surface area contributed by atoms with E-state index < -0.39 is 0 Å². The summed E-state index contributed by atoms with van der Waals surface area (Å²) in [5.74, 6) is -0.574. The summed E-state index contributed by atoms with van der Waals surface area (Å²) in [7, 11) is 0. The highest BCUT2D eigenvalue weighted by Crippen LogP contribution is 2.26. The minimum atomic E-state index is -0.335. The van der Waals surface area contributed by atoms with Crippen LogP contribution in [0.4, 0.5) is 4.39 Å². The quantitative estimate of drug-likeness (QED) is 0.784. The minimum Gasteiger partial charge on any atom is -0.348 e. The summed E-state index contributed by atoms with van der Waals surface area (Å²) in [4.78, 5) is 16.8. The molecule has 1 aliphatic carbocycles. The van der Waals surface area contributed by atoms with E-state index in [0.29, 0.717) is 11.4 Å². The molecule has 0 aliphatic heterocycles. The number of hydrogen-bond acceptors (Lipinski definition) is 4. The van der Waals surface area contributed by atoms with Gasteiger partial charge in [0.1, 0.15) is 11.5 Å². The lowest BCUT2D eigenvalue weighted by Crippen LogP contribution is -2.33. The Balaban J connectivity index is 1.76. The summed E-state index contributed by atoms with van der Waals surface area (Å²) in [5.41, 5.74) is 2.22. The van der Waals surface area contributed by atoms with Gasteiger partial charge in [-0.3, -0.25) is 9.78 Å². The van der Waals surface area contributed by atoms with E-state index in [1.807, 2.05) is 0 Å². The van der Waals surface area contributed by atoms with Gasteiger partial charge < -0.3 is 5.32 Å². The molecule has 0 radical (unpaired) electrons. The van der Waals surface area contributed by atoms with Crippen molar-refractivity contribution >= 4 is 5.91 Å². The van der Waals surface area contributed by atoms with Crippen LogP contribution in [0.25, 0.3) is 16.9 Å². The van der Waals surface area contributed by atoms with Gasteiger partial charge in [0.15, 0.2) is 5.69 Å². The Hall–Kier alpha value is -3.09. The maximum absolute atomic E-state index is 13.3. The molecule has 0 atom stereocenters. The fourth-order valence-corrected chi connectivity index (χ4v) is 3.29. The van der Waals surface area contributed by atoms with Crippen LogP contribution in [0.1, 0.15) is 36.2 Å². The Labute approximate surface area is 150 Å². The normalized spacial score (nSPS) is 14.5. The number of rotatable bonds is 4. The average molecular weight is 351 g/mol. The first-order chi connectivity index (χ1) is 12.7. The fourth-order valence-electron chi connectivity index (χ4n) is 3.29. The molecule has 1 aromatic carbocycles. The summed E-state index contributed by atoms with van der Waals surface area (Å²) in [6.07, 6.45) is 7.53. The number of amides is 1. The number of hydrogen-bond donors (Lipinski definition) is 1. The highest BCUT2D eigenvalue weighted by atomic mass is 19.1. The molecule has 7 heteroatoms. The second-order valence-electron chi connectivity index (χ2n) is 6.37. The monoisotopic (exact) mass is 351 g/mol. The van der Waals surface area contributed by atoms with E-state index in [2.05, 4.69) is 20.6 Å². The van der Waals surface area contributed by atoms with Gasteiger partial charge in [-0.2, -0.15) is 0 Å². The van der Waals surface area contributed by atoms with E-state index >= 15 is 0 Å². The Kier molecular flexibility index (Phi) is 4.43. The molecule has 6 nitrogen and oxygen atoms in total. The van der Waals surface area contributed by atoms with Crippen LogP contribution in [0, 0.1) is 5.82 Å². The maximum Gasteiger partial charge on any atom is 0.274 e. The van der Waals surface area contributed by atoms with Crippen molar-refractivity contribution in [3.05, 3.63) is 60.3 Å². The Morgan fingerprint density at radius 1 is 1.08 bits per heavy atom. The fraction of sp³-hybridized carbons (Fsp3) is 0.263. The first kappa shape index (κ1) is 16.4. The maximum atomic E-state index is 13.3. The number of nitrogens with one attached hydrogen (secondary N) is 1. The zero-order valence-electron chi connectivity index (χ0n) is 14.1. The molecule has 132 valence electrons. The van der Waals surface area contributed by atoms with Gasteiger partial charge in [-0.05, 0) is 49.2 Å². The van der Waals surface area contributed by atoms with Crippen LogP contribution in [0.5, 0.6) is 0 Å². The molecule has 0 unspecified atom stereocenters. The molecule has 0 bridgehead atoms. The van der Waals surface area contributed by atoms with Gasteiger partial charge in [0.05, 0.1) is 5.69 Å². The highest BCUT2D eigenvalue weighted by Gasteiger charge is 2.25. The smallest absolute Gasteiger partial charge is 0.274 e. The summed E-state index contributed by atoms with van der Waals surface area (Å²) < 4.78 is 14.8. The molecule has 1 amide bonds. The third-order valence-electron chi connectivity index (χ3n) is 4.60. The second-order valence-corrected chi connectivity index (χ2v) is 6.37. The van der Waals surface area contributed by atoms with E-state index in [1.54, 1.807) is 41.3 Å². The van der Waals surface area contributed by atoms with Gasteiger partial charge in [0, 0.05) is 24.0 Å². The summed E-state index contributed by atoms with van der Waals surface area (Å²) in [5, 5.41) is 11.3. The highest BCUT2D eigenvalue weighted by molar-refractivity contribution is 5.98. The number of halogens is 1. The van der Waals surface area contributed by atoms with Crippen molar-refractivity contribution in [1.82, 2.24) is 25.3 Å². The van der Waals surface area contributed by atoms with Crippen molar-refractivity contribution in [1.29, 1.82) is 0 Å². The summed E-state index contributed by atoms with van der Waals surface area (Å²) >= 11 is 0. The zero-order valence-corrected chi connectivity index (χ0v) is 14.1. The van der Waals surface area contributed by atoms with Crippen molar-refractivity contribution in [2.24, 2.45) is 0 Å². The third kappa shape index (κ3) is 3.20. The van der Waals surface area contributed by atoms with E-state index in [4.69, 9.17) is 0 Å². The Bertz CT molecular complexity index is 901. The minimum absolute atomic E-state index is 0.184. The van der Waals surface area contributed by atoms with Crippen LogP contribution in [-0.4, -0.2) is 31.9 Å². The van der Waals surface area contributed by atoms with Crippen molar-refractivity contribution in [2.45, 2.75) is 31.7 Å². The summed E-state index contributed by atoms with van der Waals surface area (Å²) in [6.45, 7) is 0. The molecule has 0 saturated heterocycles. The van der Waals surface area contributed by atoms with Gasteiger partial charge >= 0.3 is 0 Å². The topological polar surface area (TPSA) is 72.7 Å². The van der Waals surface area contributed by atoms with Crippen LogP contribution < -0.4 is 5.32 Å². The molecule has 1 N–H and O–H groups in total. The van der Waals surface area contributed by atoms with E-state index in [-0.39, 0.29) is 23.5 Å². The lowest BCUT2D eigenvalue weighted by Gasteiger charge is -2.12. The molecule has 1 saturated carbocycles. The van der Waals surface area contributed by atoms with Gasteiger partial charge in [-0.25, -0.2) is 9.07 Å². The number of carbonyl (C=O) groups is 1. The van der Waals surface area contributed by atoms with Crippen LogP contribution in [0.2, 0.25) is 0 Å². The molecule has 4 rings (SSSR count). The van der Waals surface area contributed by atoms with Gasteiger partial charge in [0.25, 0.3) is 5.91 Å². The first-order valence-electron chi connectivity index (χ1n) is 8.65. The van der Waals surface area contributed by atoms with Gasteiger partial charge in [-0.15, -0.1) is 5.10 Å². The van der Waals surface area contributed by atoms with Crippen LogP contribution >= 0.6 is 0 Å². The molecule has 2 aromatic heterocycles. The van der Waals surface area contributed by atoms with Crippen molar-refractivity contribution in [3.8, 4) is 16.9 Å². The third-order valence-corrected chi connectivity index (χ3v) is 4.60. The molecule has 1 aliphatic rings. The zero-order chi connectivity index (χ0) is 17.9. The lowest BCUT2D eigenvalue weighted by atomic mass is 10.1.